The molecule has 0 heterocycles. The number of carbonyl (C=O) groups is 2. The lowest BCUT2D eigenvalue weighted by atomic mass is 9.92. The maximum Gasteiger partial charge on any atom is 0.338 e. The minimum atomic E-state index is -0.657. The summed E-state index contributed by atoms with van der Waals surface area (Å²) in [5, 5.41) is 0. The molecule has 2 atom stereocenters. The molecular weight excluding hydrogens is 438 g/mol. The van der Waals surface area contributed by atoms with E-state index in [2.05, 4.69) is 36.4 Å². The van der Waals surface area contributed by atoms with E-state index in [4.69, 9.17) is 15.2 Å². The first-order valence-electron chi connectivity index (χ1n) is 12.1. The molecule has 0 aliphatic rings. The predicted octanol–water partition coefficient (Wildman–Crippen LogP) is 5.82. The Kier molecular flexibility index (Phi) is 9.21. The molecule has 0 bridgehead atoms. The van der Waals surface area contributed by atoms with E-state index in [1.165, 1.54) is 0 Å². The number of hydrogen-bond acceptors (Lipinski definition) is 5. The highest BCUT2D eigenvalue weighted by Gasteiger charge is 2.34. The van der Waals surface area contributed by atoms with Gasteiger partial charge in [0.1, 0.15) is 11.7 Å². The maximum atomic E-state index is 13.1. The Bertz CT molecular complexity index is 1070. The normalized spacial score (nSPS) is 13.0. The van der Waals surface area contributed by atoms with E-state index in [-0.39, 0.29) is 6.54 Å². The van der Waals surface area contributed by atoms with Crippen LogP contribution in [0.2, 0.25) is 0 Å². The molecule has 0 saturated carbocycles. The molecule has 0 aliphatic heterocycles. The van der Waals surface area contributed by atoms with Crippen LogP contribution < -0.4 is 5.73 Å². The Labute approximate surface area is 208 Å². The zero-order valence-electron chi connectivity index (χ0n) is 20.8. The van der Waals surface area contributed by atoms with E-state index < -0.39 is 29.6 Å². The quantitative estimate of drug-likeness (QED) is 0.376. The van der Waals surface area contributed by atoms with Crippen molar-refractivity contribution in [2.24, 2.45) is 11.7 Å². The molecule has 0 aliphatic carbocycles. The highest BCUT2D eigenvalue weighted by atomic mass is 16.6. The standard InChI is InChI=1S/C30H35NO4/c1-30(2,3)35-29(33)26(20-21-31)27(34-28(32)25-12-8-5-9-13-25)19-16-22-14-17-24(18-15-22)23-10-6-4-7-11-23/h4-15,17-18,26-27H,16,19-21,31H2,1-3H3. The van der Waals surface area contributed by atoms with Gasteiger partial charge in [0.2, 0.25) is 0 Å². The van der Waals surface area contributed by atoms with Crippen LogP contribution in [0.1, 0.15) is 49.5 Å². The van der Waals surface area contributed by atoms with Crippen LogP contribution >= 0.6 is 0 Å². The van der Waals surface area contributed by atoms with Crippen LogP contribution in [-0.4, -0.2) is 30.2 Å². The third-order valence-electron chi connectivity index (χ3n) is 5.68. The molecule has 3 rings (SSSR count). The van der Waals surface area contributed by atoms with Gasteiger partial charge in [-0.3, -0.25) is 4.79 Å². The van der Waals surface area contributed by atoms with Crippen molar-refractivity contribution in [1.29, 1.82) is 0 Å². The highest BCUT2D eigenvalue weighted by Crippen LogP contribution is 2.25. The zero-order chi connectivity index (χ0) is 25.3. The Balaban J connectivity index is 1.78. The van der Waals surface area contributed by atoms with Gasteiger partial charge >= 0.3 is 11.9 Å². The van der Waals surface area contributed by atoms with Crippen molar-refractivity contribution in [1.82, 2.24) is 0 Å². The summed E-state index contributed by atoms with van der Waals surface area (Å²) in [5.41, 5.74) is 9.03. The van der Waals surface area contributed by atoms with Gasteiger partial charge in [-0.2, -0.15) is 0 Å². The summed E-state index contributed by atoms with van der Waals surface area (Å²) in [6.45, 7) is 5.76. The van der Waals surface area contributed by atoms with Crippen molar-refractivity contribution in [2.75, 3.05) is 6.54 Å². The molecule has 2 unspecified atom stereocenters. The molecule has 2 N–H and O–H groups in total. The van der Waals surface area contributed by atoms with E-state index in [0.717, 1.165) is 16.7 Å². The topological polar surface area (TPSA) is 78.6 Å². The van der Waals surface area contributed by atoms with Gasteiger partial charge in [0.15, 0.2) is 0 Å². The van der Waals surface area contributed by atoms with Gasteiger partial charge in [0, 0.05) is 0 Å². The summed E-state index contributed by atoms with van der Waals surface area (Å²) in [6.07, 6.45) is 0.836. The average Bonchev–Trinajstić information content (AvgIpc) is 2.85. The number of rotatable bonds is 10. The van der Waals surface area contributed by atoms with Crippen LogP contribution in [-0.2, 0) is 20.7 Å². The van der Waals surface area contributed by atoms with Crippen LogP contribution in [0, 0.1) is 5.92 Å². The second-order valence-corrected chi connectivity index (χ2v) is 9.63. The van der Waals surface area contributed by atoms with E-state index in [1.54, 1.807) is 24.3 Å². The van der Waals surface area contributed by atoms with Crippen LogP contribution in [0.25, 0.3) is 11.1 Å². The van der Waals surface area contributed by atoms with Crippen molar-refractivity contribution in [3.63, 3.8) is 0 Å². The number of hydrogen-bond donors (Lipinski definition) is 1. The fraction of sp³-hybridized carbons (Fsp3) is 0.333. The number of esters is 2. The van der Waals surface area contributed by atoms with Gasteiger partial charge in [-0.25, -0.2) is 4.79 Å². The smallest absolute Gasteiger partial charge is 0.338 e. The summed E-state index contributed by atoms with van der Waals surface area (Å²) in [6, 6.07) is 27.3. The van der Waals surface area contributed by atoms with Gasteiger partial charge in [-0.15, -0.1) is 0 Å². The Hall–Kier alpha value is -3.44. The van der Waals surface area contributed by atoms with Crippen LogP contribution in [0.5, 0.6) is 0 Å². The van der Waals surface area contributed by atoms with Crippen LogP contribution in [0.15, 0.2) is 84.9 Å². The van der Waals surface area contributed by atoms with Crippen LogP contribution in [0.3, 0.4) is 0 Å². The molecule has 0 saturated heterocycles. The SMILES string of the molecule is CC(C)(C)OC(=O)C(CCN)C(CCc1ccc(-c2ccccc2)cc1)OC(=O)c1ccccc1. The van der Waals surface area contributed by atoms with Gasteiger partial charge < -0.3 is 15.2 Å². The third kappa shape index (κ3) is 8.08. The molecule has 3 aromatic rings. The highest BCUT2D eigenvalue weighted by molar-refractivity contribution is 5.89. The largest absolute Gasteiger partial charge is 0.460 e. The molecule has 3 aromatic carbocycles. The fourth-order valence-electron chi connectivity index (χ4n) is 3.94. The first kappa shape index (κ1) is 26.2. The monoisotopic (exact) mass is 473 g/mol. The van der Waals surface area contributed by atoms with Crippen molar-refractivity contribution in [3.05, 3.63) is 96.1 Å². The van der Waals surface area contributed by atoms with Gasteiger partial charge in [-0.05, 0) is 75.4 Å². The lowest BCUT2D eigenvalue weighted by Crippen LogP contribution is -2.38. The third-order valence-corrected chi connectivity index (χ3v) is 5.68. The van der Waals surface area contributed by atoms with Crippen molar-refractivity contribution < 1.29 is 19.1 Å². The summed E-state index contributed by atoms with van der Waals surface area (Å²) >= 11 is 0. The van der Waals surface area contributed by atoms with Gasteiger partial charge in [0.25, 0.3) is 0 Å². The van der Waals surface area contributed by atoms with E-state index in [9.17, 15) is 9.59 Å². The van der Waals surface area contributed by atoms with Gasteiger partial charge in [0.05, 0.1) is 11.5 Å². The van der Waals surface area contributed by atoms with Crippen LogP contribution in [0.4, 0.5) is 0 Å². The van der Waals surface area contributed by atoms with Crippen molar-refractivity contribution >= 4 is 11.9 Å². The van der Waals surface area contributed by atoms with E-state index in [0.29, 0.717) is 24.8 Å². The lowest BCUT2D eigenvalue weighted by Gasteiger charge is -2.29. The Morgan fingerprint density at radius 2 is 1.37 bits per heavy atom. The van der Waals surface area contributed by atoms with E-state index in [1.807, 2.05) is 45.0 Å². The van der Waals surface area contributed by atoms with Crippen molar-refractivity contribution in [3.8, 4) is 11.1 Å². The summed E-state index contributed by atoms with van der Waals surface area (Å²) in [5.74, 6) is -1.50. The second kappa shape index (κ2) is 12.3. The zero-order valence-corrected chi connectivity index (χ0v) is 20.8. The predicted molar refractivity (Wildman–Crippen MR) is 139 cm³/mol. The molecule has 0 radical (unpaired) electrons. The molecule has 0 fully saturated rings. The minimum absolute atomic E-state index is 0.287. The van der Waals surface area contributed by atoms with Gasteiger partial charge in [-0.1, -0.05) is 72.8 Å². The minimum Gasteiger partial charge on any atom is -0.460 e. The summed E-state index contributed by atoms with van der Waals surface area (Å²) in [4.78, 5) is 25.9. The number of carbonyl (C=O) groups excluding carboxylic acids is 2. The molecule has 0 aromatic heterocycles. The average molecular weight is 474 g/mol. The maximum absolute atomic E-state index is 13.1. The van der Waals surface area contributed by atoms with Crippen molar-refractivity contribution in [2.45, 2.75) is 51.7 Å². The molecular formula is C30H35NO4. The number of aryl methyl sites for hydroxylation is 1. The second-order valence-electron chi connectivity index (χ2n) is 9.63. The lowest BCUT2D eigenvalue weighted by molar-refractivity contribution is -0.164. The number of nitrogens with two attached hydrogens (primary N) is 1. The molecule has 184 valence electrons. The summed E-state index contributed by atoms with van der Waals surface area (Å²) < 4.78 is 11.6. The molecule has 35 heavy (non-hydrogen) atoms. The summed E-state index contributed by atoms with van der Waals surface area (Å²) in [7, 11) is 0. The fourth-order valence-corrected chi connectivity index (χ4v) is 3.94. The molecule has 0 amide bonds. The first-order chi connectivity index (χ1) is 16.8. The Morgan fingerprint density at radius 3 is 1.94 bits per heavy atom. The first-order valence-corrected chi connectivity index (χ1v) is 12.1. The molecule has 5 nitrogen and oxygen atoms in total. The molecule has 5 heteroatoms. The number of benzene rings is 3. The van der Waals surface area contributed by atoms with E-state index >= 15 is 0 Å². The molecule has 0 spiro atoms. The Morgan fingerprint density at radius 1 is 0.800 bits per heavy atom. The number of ether oxygens (including phenoxy) is 2.